The van der Waals surface area contributed by atoms with Gasteiger partial charge in [0.05, 0.1) is 9.30 Å². The summed E-state index contributed by atoms with van der Waals surface area (Å²) < 4.78 is 38.2. The molecule has 0 amide bonds. The van der Waals surface area contributed by atoms with Crippen molar-refractivity contribution in [3.63, 3.8) is 0 Å². The first-order valence-electron chi connectivity index (χ1n) is 5.69. The van der Waals surface area contributed by atoms with Gasteiger partial charge in [-0.05, 0) is 36.6 Å². The van der Waals surface area contributed by atoms with Crippen LogP contribution in [0.25, 0.3) is 0 Å². The first-order valence-corrected chi connectivity index (χ1v) is 4.69. The summed E-state index contributed by atoms with van der Waals surface area (Å²) in [6.07, 6.45) is 0.632. The SMILES string of the molecule is [2H]C1([2H])OC1C1CCc2cc(F)ccc2O1. The Morgan fingerprint density at radius 2 is 2.29 bits per heavy atom. The van der Waals surface area contributed by atoms with E-state index in [-0.39, 0.29) is 11.9 Å². The van der Waals surface area contributed by atoms with Crippen LogP contribution < -0.4 is 4.74 Å². The van der Waals surface area contributed by atoms with E-state index in [1.165, 1.54) is 12.1 Å². The number of epoxide rings is 1. The molecule has 3 rings (SSSR count). The van der Waals surface area contributed by atoms with Crippen molar-refractivity contribution >= 4 is 0 Å². The summed E-state index contributed by atoms with van der Waals surface area (Å²) in [6.45, 7) is -1.55. The number of hydrogen-bond acceptors (Lipinski definition) is 2. The first kappa shape index (κ1) is 6.40. The third kappa shape index (κ3) is 1.38. The average molecular weight is 196 g/mol. The lowest BCUT2D eigenvalue weighted by Gasteiger charge is -2.24. The second-order valence-electron chi connectivity index (χ2n) is 3.60. The first-order chi connectivity index (χ1) is 7.56. The van der Waals surface area contributed by atoms with Crippen molar-refractivity contribution in [2.45, 2.75) is 25.0 Å². The number of benzene rings is 1. The van der Waals surface area contributed by atoms with Gasteiger partial charge in [0, 0.05) is 0 Å². The van der Waals surface area contributed by atoms with Gasteiger partial charge in [-0.1, -0.05) is 0 Å². The molecule has 2 unspecified atom stereocenters. The Hall–Kier alpha value is -1.09. The van der Waals surface area contributed by atoms with E-state index in [0.29, 0.717) is 18.6 Å². The van der Waals surface area contributed by atoms with Crippen LogP contribution >= 0.6 is 0 Å². The number of ether oxygens (including phenoxy) is 2. The highest BCUT2D eigenvalue weighted by Gasteiger charge is 2.36. The van der Waals surface area contributed by atoms with E-state index in [9.17, 15) is 4.39 Å². The molecule has 0 aromatic heterocycles. The van der Waals surface area contributed by atoms with Crippen molar-refractivity contribution in [3.05, 3.63) is 29.6 Å². The summed E-state index contributed by atoms with van der Waals surface area (Å²) >= 11 is 0. The maximum Gasteiger partial charge on any atom is 0.127 e. The van der Waals surface area contributed by atoms with Crippen molar-refractivity contribution < 1.29 is 16.6 Å². The minimum atomic E-state index is -1.55. The largest absolute Gasteiger partial charge is 0.487 e. The molecule has 0 saturated carbocycles. The third-order valence-corrected chi connectivity index (χ3v) is 2.59. The minimum Gasteiger partial charge on any atom is -0.487 e. The summed E-state index contributed by atoms with van der Waals surface area (Å²) in [6, 6.07) is 4.41. The summed E-state index contributed by atoms with van der Waals surface area (Å²) in [5.41, 5.74) is 0.845. The molecule has 1 saturated heterocycles. The van der Waals surface area contributed by atoms with Crippen LogP contribution in [0.5, 0.6) is 5.75 Å². The van der Waals surface area contributed by atoms with Crippen molar-refractivity contribution in [1.29, 1.82) is 0 Å². The van der Waals surface area contributed by atoms with Crippen molar-refractivity contribution in [3.8, 4) is 5.75 Å². The lowest BCUT2D eigenvalue weighted by Crippen LogP contribution is -2.27. The number of rotatable bonds is 1. The molecule has 74 valence electrons. The highest BCUT2D eigenvalue weighted by atomic mass is 19.1. The lowest BCUT2D eigenvalue weighted by atomic mass is 10.0. The summed E-state index contributed by atoms with van der Waals surface area (Å²) in [5, 5.41) is 0. The number of halogens is 1. The molecule has 2 nitrogen and oxygen atoms in total. The van der Waals surface area contributed by atoms with Crippen molar-refractivity contribution in [1.82, 2.24) is 0 Å². The lowest BCUT2D eigenvalue weighted by molar-refractivity contribution is 0.136. The zero-order valence-electron chi connectivity index (χ0n) is 9.50. The van der Waals surface area contributed by atoms with Gasteiger partial charge in [0.2, 0.25) is 0 Å². The zero-order chi connectivity index (χ0) is 11.3. The van der Waals surface area contributed by atoms with Crippen LogP contribution in [0.15, 0.2) is 18.2 Å². The number of hydrogen-bond donors (Lipinski definition) is 0. The quantitative estimate of drug-likeness (QED) is 0.640. The molecular weight excluding hydrogens is 183 g/mol. The van der Waals surface area contributed by atoms with Gasteiger partial charge in [-0.3, -0.25) is 0 Å². The monoisotopic (exact) mass is 196 g/mol. The van der Waals surface area contributed by atoms with E-state index in [2.05, 4.69) is 0 Å². The fourth-order valence-electron chi connectivity index (χ4n) is 1.78. The molecule has 1 aromatic carbocycles. The van der Waals surface area contributed by atoms with Gasteiger partial charge in [0.25, 0.3) is 0 Å². The van der Waals surface area contributed by atoms with Crippen LogP contribution in [0.4, 0.5) is 4.39 Å². The summed E-state index contributed by atoms with van der Waals surface area (Å²) in [5.74, 6) is 0.378. The van der Waals surface area contributed by atoms with E-state index in [1.54, 1.807) is 6.07 Å². The molecule has 1 aromatic rings. The van der Waals surface area contributed by atoms with Gasteiger partial charge in [-0.2, -0.15) is 0 Å². The Bertz CT molecular complexity index is 436. The average Bonchev–Trinajstić information content (AvgIpc) is 2.87. The van der Waals surface area contributed by atoms with Crippen LogP contribution in [0, 0.1) is 5.82 Å². The maximum absolute atomic E-state index is 12.9. The molecule has 14 heavy (non-hydrogen) atoms. The van der Waals surface area contributed by atoms with E-state index in [4.69, 9.17) is 12.2 Å². The normalized spacial score (nSPS) is 34.9. The Morgan fingerprint density at radius 1 is 1.43 bits per heavy atom. The molecule has 1 fully saturated rings. The molecule has 2 atom stereocenters. The van der Waals surface area contributed by atoms with E-state index < -0.39 is 12.7 Å². The van der Waals surface area contributed by atoms with E-state index in [1.807, 2.05) is 0 Å². The predicted octanol–water partition coefficient (Wildman–Crippen LogP) is 1.92. The van der Waals surface area contributed by atoms with Crippen molar-refractivity contribution in [2.24, 2.45) is 0 Å². The Morgan fingerprint density at radius 3 is 3.07 bits per heavy atom. The Labute approximate surface area is 84.4 Å². The summed E-state index contributed by atoms with van der Waals surface area (Å²) in [4.78, 5) is 0. The number of aryl methyl sites for hydroxylation is 1. The Kier molecular flexibility index (Phi) is 1.35. The molecule has 3 heteroatoms. The highest BCUT2D eigenvalue weighted by molar-refractivity contribution is 5.36. The van der Waals surface area contributed by atoms with Crippen LogP contribution in [0.1, 0.15) is 14.7 Å². The van der Waals surface area contributed by atoms with Gasteiger partial charge >= 0.3 is 0 Å². The maximum atomic E-state index is 12.9. The minimum absolute atomic E-state index is 0.257. The number of fused-ring (bicyclic) bond motifs is 1. The Balaban J connectivity index is 1.79. The van der Waals surface area contributed by atoms with E-state index in [0.717, 1.165) is 5.56 Å². The standard InChI is InChI=1S/C11H11FO2/c12-8-2-4-9-7(5-8)1-3-10(14-9)11-6-13-11/h2,4-5,10-11H,1,3,6H2/i6D2. The third-order valence-electron chi connectivity index (χ3n) is 2.59. The molecular formula is C11H11FO2. The molecule has 0 aliphatic carbocycles. The predicted molar refractivity (Wildman–Crippen MR) is 48.9 cm³/mol. The van der Waals surface area contributed by atoms with E-state index >= 15 is 0 Å². The molecule has 0 spiro atoms. The molecule has 0 N–H and O–H groups in total. The van der Waals surface area contributed by atoms with Crippen molar-refractivity contribution in [2.75, 3.05) is 6.56 Å². The van der Waals surface area contributed by atoms with Crippen LogP contribution in [-0.2, 0) is 11.2 Å². The van der Waals surface area contributed by atoms with Gasteiger partial charge in [-0.15, -0.1) is 0 Å². The van der Waals surface area contributed by atoms with Gasteiger partial charge < -0.3 is 9.47 Å². The molecule has 0 radical (unpaired) electrons. The molecule has 2 aliphatic rings. The van der Waals surface area contributed by atoms with Crippen LogP contribution in [0.2, 0.25) is 0 Å². The van der Waals surface area contributed by atoms with Crippen LogP contribution in [-0.4, -0.2) is 18.8 Å². The smallest absolute Gasteiger partial charge is 0.127 e. The van der Waals surface area contributed by atoms with Gasteiger partial charge in [0.1, 0.15) is 23.8 Å². The summed E-state index contributed by atoms with van der Waals surface area (Å²) in [7, 11) is 0. The fourth-order valence-corrected chi connectivity index (χ4v) is 1.78. The topological polar surface area (TPSA) is 21.8 Å². The molecule has 2 heterocycles. The molecule has 2 aliphatic heterocycles. The molecule has 0 bridgehead atoms. The highest BCUT2D eigenvalue weighted by Crippen LogP contribution is 2.32. The van der Waals surface area contributed by atoms with Gasteiger partial charge in [-0.25, -0.2) is 4.39 Å². The zero-order valence-corrected chi connectivity index (χ0v) is 7.50. The fraction of sp³-hybridized carbons (Fsp3) is 0.455. The second kappa shape index (κ2) is 2.95. The van der Waals surface area contributed by atoms with Gasteiger partial charge in [0.15, 0.2) is 0 Å². The second-order valence-corrected chi connectivity index (χ2v) is 3.60. The van der Waals surface area contributed by atoms with Crippen LogP contribution in [0.3, 0.4) is 0 Å².